The summed E-state index contributed by atoms with van der Waals surface area (Å²) in [6.45, 7) is 0.777. The molecule has 0 aliphatic heterocycles. The van der Waals surface area contributed by atoms with E-state index in [9.17, 15) is 0 Å². The third-order valence-corrected chi connectivity index (χ3v) is 3.68. The minimum absolute atomic E-state index is 0.777. The van der Waals surface area contributed by atoms with Crippen LogP contribution in [0.5, 0.6) is 0 Å². The van der Waals surface area contributed by atoms with Gasteiger partial charge in [-0.3, -0.25) is 0 Å². The Kier molecular flexibility index (Phi) is 3.15. The molecular weight excluding hydrogens is 242 g/mol. The van der Waals surface area contributed by atoms with Crippen LogP contribution in [0.25, 0.3) is 10.4 Å². The van der Waals surface area contributed by atoms with Crippen molar-refractivity contribution >= 4 is 17.0 Å². The minimum Gasteiger partial charge on any atom is -0.472 e. The molecule has 0 fully saturated rings. The van der Waals surface area contributed by atoms with Gasteiger partial charge in [0, 0.05) is 28.2 Å². The number of anilines is 1. The lowest BCUT2D eigenvalue weighted by atomic mass is 10.1. The Balaban J connectivity index is 1.84. The Hall–Kier alpha value is -2.00. The molecule has 0 spiro atoms. The van der Waals surface area contributed by atoms with Crippen LogP contribution in [0.4, 0.5) is 5.69 Å². The Morgan fingerprint density at radius 1 is 1.06 bits per heavy atom. The molecule has 0 aliphatic rings. The number of benzene rings is 1. The molecule has 3 aromatic rings. The van der Waals surface area contributed by atoms with Crippen molar-refractivity contribution in [2.24, 2.45) is 0 Å². The first kappa shape index (κ1) is 11.1. The predicted molar refractivity (Wildman–Crippen MR) is 75.8 cm³/mol. The van der Waals surface area contributed by atoms with Crippen molar-refractivity contribution < 1.29 is 4.42 Å². The Bertz CT molecular complexity index is 599. The second kappa shape index (κ2) is 5.10. The number of nitrogens with one attached hydrogen (secondary N) is 1. The summed E-state index contributed by atoms with van der Waals surface area (Å²) in [5, 5.41) is 5.55. The van der Waals surface area contributed by atoms with E-state index in [-0.39, 0.29) is 0 Å². The summed E-state index contributed by atoms with van der Waals surface area (Å²) < 4.78 is 5.07. The zero-order valence-corrected chi connectivity index (χ0v) is 10.6. The van der Waals surface area contributed by atoms with Crippen LogP contribution in [0.3, 0.4) is 0 Å². The molecule has 2 heterocycles. The normalized spacial score (nSPS) is 10.4. The van der Waals surface area contributed by atoms with Gasteiger partial charge in [-0.15, -0.1) is 11.3 Å². The smallest absolute Gasteiger partial charge is 0.0952 e. The number of furan rings is 1. The van der Waals surface area contributed by atoms with E-state index in [1.54, 1.807) is 23.9 Å². The number of hydrogen-bond donors (Lipinski definition) is 1. The van der Waals surface area contributed by atoms with Crippen LogP contribution >= 0.6 is 11.3 Å². The predicted octanol–water partition coefficient (Wildman–Crippen LogP) is 4.62. The maximum atomic E-state index is 5.07. The lowest BCUT2D eigenvalue weighted by Crippen LogP contribution is -1.99. The molecule has 0 radical (unpaired) electrons. The van der Waals surface area contributed by atoms with Gasteiger partial charge in [0.15, 0.2) is 0 Å². The molecule has 0 saturated heterocycles. The van der Waals surface area contributed by atoms with Crippen molar-refractivity contribution in [3.63, 3.8) is 0 Å². The first-order valence-corrected chi connectivity index (χ1v) is 6.69. The van der Waals surface area contributed by atoms with Crippen LogP contribution < -0.4 is 5.32 Å². The number of para-hydroxylation sites is 1. The van der Waals surface area contributed by atoms with Gasteiger partial charge in [-0.25, -0.2) is 0 Å². The molecule has 3 heteroatoms. The molecule has 2 nitrogen and oxygen atoms in total. The highest BCUT2D eigenvalue weighted by Crippen LogP contribution is 2.31. The summed E-state index contributed by atoms with van der Waals surface area (Å²) in [5.74, 6) is 0. The van der Waals surface area contributed by atoms with Crippen LogP contribution in [0.1, 0.15) is 5.56 Å². The fraction of sp³-hybridized carbons (Fsp3) is 0.0667. The summed E-state index contributed by atoms with van der Waals surface area (Å²) in [6.07, 6.45) is 3.46. The van der Waals surface area contributed by atoms with E-state index < -0.39 is 0 Å². The third kappa shape index (κ3) is 2.31. The second-order valence-corrected chi connectivity index (χ2v) is 4.96. The van der Waals surface area contributed by atoms with Crippen LogP contribution in [-0.4, -0.2) is 0 Å². The maximum Gasteiger partial charge on any atom is 0.0952 e. The molecule has 1 aromatic carbocycles. The van der Waals surface area contributed by atoms with Gasteiger partial charge in [0.2, 0.25) is 0 Å². The van der Waals surface area contributed by atoms with Crippen molar-refractivity contribution in [1.29, 1.82) is 0 Å². The fourth-order valence-electron chi connectivity index (χ4n) is 1.87. The van der Waals surface area contributed by atoms with Gasteiger partial charge in [0.25, 0.3) is 0 Å². The number of hydrogen-bond acceptors (Lipinski definition) is 3. The van der Waals surface area contributed by atoms with Crippen molar-refractivity contribution in [3.05, 3.63) is 65.9 Å². The van der Waals surface area contributed by atoms with Crippen LogP contribution in [0.2, 0.25) is 0 Å². The van der Waals surface area contributed by atoms with Gasteiger partial charge in [-0.2, -0.15) is 0 Å². The fourth-order valence-corrected chi connectivity index (χ4v) is 2.64. The van der Waals surface area contributed by atoms with Gasteiger partial charge in [-0.1, -0.05) is 24.3 Å². The Labute approximate surface area is 110 Å². The van der Waals surface area contributed by atoms with Gasteiger partial charge in [0.1, 0.15) is 0 Å². The molecule has 0 bridgehead atoms. The summed E-state index contributed by atoms with van der Waals surface area (Å²) in [4.78, 5) is 1.28. The zero-order chi connectivity index (χ0) is 12.2. The van der Waals surface area contributed by atoms with Crippen molar-refractivity contribution in [2.75, 3.05) is 5.32 Å². The van der Waals surface area contributed by atoms with Crippen molar-refractivity contribution in [3.8, 4) is 10.4 Å². The SMILES string of the molecule is c1csc(-c2ccccc2NCc2ccoc2)c1. The standard InChI is InChI=1S/C15H13NOS/c1-2-5-14(16-10-12-7-8-17-11-12)13(4-1)15-6-3-9-18-15/h1-9,11,16H,10H2. The largest absolute Gasteiger partial charge is 0.472 e. The van der Waals surface area contributed by atoms with Gasteiger partial charge >= 0.3 is 0 Å². The highest BCUT2D eigenvalue weighted by atomic mass is 32.1. The molecule has 0 amide bonds. The summed E-state index contributed by atoms with van der Waals surface area (Å²) in [5.41, 5.74) is 3.55. The zero-order valence-electron chi connectivity index (χ0n) is 9.80. The van der Waals surface area contributed by atoms with Crippen LogP contribution in [-0.2, 0) is 6.54 Å². The lowest BCUT2D eigenvalue weighted by molar-refractivity contribution is 0.564. The number of rotatable bonds is 4. The molecule has 2 aromatic heterocycles. The summed E-state index contributed by atoms with van der Waals surface area (Å²) >= 11 is 1.76. The highest BCUT2D eigenvalue weighted by Gasteiger charge is 2.05. The molecule has 0 atom stereocenters. The molecule has 90 valence electrons. The quantitative estimate of drug-likeness (QED) is 0.736. The van der Waals surface area contributed by atoms with E-state index in [0.29, 0.717) is 0 Å². The third-order valence-electron chi connectivity index (χ3n) is 2.78. The first-order chi connectivity index (χ1) is 8.93. The summed E-state index contributed by atoms with van der Waals surface area (Å²) in [6, 6.07) is 14.6. The van der Waals surface area contributed by atoms with E-state index in [4.69, 9.17) is 4.42 Å². The van der Waals surface area contributed by atoms with E-state index in [2.05, 4.69) is 47.1 Å². The van der Waals surface area contributed by atoms with E-state index >= 15 is 0 Å². The van der Waals surface area contributed by atoms with E-state index in [1.807, 2.05) is 6.07 Å². The molecule has 0 saturated carbocycles. The second-order valence-electron chi connectivity index (χ2n) is 4.01. The average Bonchev–Trinajstić information content (AvgIpc) is 3.10. The average molecular weight is 255 g/mol. The molecule has 3 rings (SSSR count). The monoisotopic (exact) mass is 255 g/mol. The minimum atomic E-state index is 0.777. The Morgan fingerprint density at radius 3 is 2.78 bits per heavy atom. The van der Waals surface area contributed by atoms with Gasteiger partial charge in [-0.05, 0) is 23.6 Å². The van der Waals surface area contributed by atoms with Gasteiger partial charge in [0.05, 0.1) is 12.5 Å². The molecule has 1 N–H and O–H groups in total. The topological polar surface area (TPSA) is 25.2 Å². The molecule has 0 aliphatic carbocycles. The van der Waals surface area contributed by atoms with Crippen LogP contribution in [0, 0.1) is 0 Å². The molecular formula is C15H13NOS. The van der Waals surface area contributed by atoms with Crippen molar-refractivity contribution in [2.45, 2.75) is 6.54 Å². The summed E-state index contributed by atoms with van der Waals surface area (Å²) in [7, 11) is 0. The maximum absolute atomic E-state index is 5.07. The molecule has 18 heavy (non-hydrogen) atoms. The molecule has 0 unspecified atom stereocenters. The highest BCUT2D eigenvalue weighted by molar-refractivity contribution is 7.13. The van der Waals surface area contributed by atoms with Gasteiger partial charge < -0.3 is 9.73 Å². The first-order valence-electron chi connectivity index (χ1n) is 5.81. The number of thiophene rings is 1. The van der Waals surface area contributed by atoms with Crippen LogP contribution in [0.15, 0.2) is 64.8 Å². The Morgan fingerprint density at radius 2 is 2.00 bits per heavy atom. The van der Waals surface area contributed by atoms with E-state index in [1.165, 1.54) is 10.4 Å². The lowest BCUT2D eigenvalue weighted by Gasteiger charge is -2.09. The van der Waals surface area contributed by atoms with E-state index in [0.717, 1.165) is 17.8 Å². The van der Waals surface area contributed by atoms with Crippen molar-refractivity contribution in [1.82, 2.24) is 0 Å².